The summed E-state index contributed by atoms with van der Waals surface area (Å²) in [4.78, 5) is 10.3. The monoisotopic (exact) mass is 195 g/mol. The molecule has 0 N–H and O–H groups in total. The van der Waals surface area contributed by atoms with Gasteiger partial charge in [0.05, 0.1) is 17.1 Å². The molecular weight excluding hydrogens is 182 g/mol. The first kappa shape index (κ1) is 10.7. The van der Waals surface area contributed by atoms with Gasteiger partial charge >= 0.3 is 0 Å². The highest BCUT2D eigenvalue weighted by atomic mass is 16.6. The molecule has 4 nitrogen and oxygen atoms in total. The number of aryl methyl sites for hydroxylation is 1. The number of benzene rings is 1. The fraction of sp³-hybridized carbons (Fsp3) is 0.400. The molecular formula is C10H13NO3. The highest BCUT2D eigenvalue weighted by molar-refractivity contribution is 5.44. The molecule has 0 saturated carbocycles. The number of hydrogen-bond acceptors (Lipinski definition) is 3. The summed E-state index contributed by atoms with van der Waals surface area (Å²) in [5.74, 6) is 0. The van der Waals surface area contributed by atoms with Gasteiger partial charge in [-0.15, -0.1) is 0 Å². The topological polar surface area (TPSA) is 52.4 Å². The van der Waals surface area contributed by atoms with Gasteiger partial charge in [0, 0.05) is 12.7 Å². The maximum absolute atomic E-state index is 10.7. The molecule has 0 aliphatic carbocycles. The Kier molecular flexibility index (Phi) is 3.59. The van der Waals surface area contributed by atoms with E-state index in [2.05, 4.69) is 0 Å². The lowest BCUT2D eigenvalue weighted by molar-refractivity contribution is -0.386. The first-order chi connectivity index (χ1) is 6.66. The first-order valence-corrected chi connectivity index (χ1v) is 4.47. The van der Waals surface area contributed by atoms with Crippen molar-refractivity contribution in [1.29, 1.82) is 0 Å². The summed E-state index contributed by atoms with van der Waals surface area (Å²) in [5.41, 5.74) is 1.70. The van der Waals surface area contributed by atoms with Gasteiger partial charge in [-0.05, 0) is 19.4 Å². The van der Waals surface area contributed by atoms with E-state index in [9.17, 15) is 10.1 Å². The standard InChI is InChI=1S/C10H13NO3/c1-3-14-7-9-8(2)5-4-6-10(9)11(12)13/h4-6H,3,7H2,1-2H3. The average molecular weight is 195 g/mol. The largest absolute Gasteiger partial charge is 0.377 e. The normalized spacial score (nSPS) is 10.1. The maximum Gasteiger partial charge on any atom is 0.275 e. The Morgan fingerprint density at radius 3 is 2.79 bits per heavy atom. The summed E-state index contributed by atoms with van der Waals surface area (Å²) in [7, 11) is 0. The predicted molar refractivity (Wildman–Crippen MR) is 53.2 cm³/mol. The fourth-order valence-corrected chi connectivity index (χ4v) is 1.25. The van der Waals surface area contributed by atoms with Crippen molar-refractivity contribution < 1.29 is 9.66 Å². The minimum absolute atomic E-state index is 0.137. The molecule has 0 amide bonds. The smallest absolute Gasteiger partial charge is 0.275 e. The van der Waals surface area contributed by atoms with Crippen LogP contribution in [0.15, 0.2) is 18.2 Å². The zero-order chi connectivity index (χ0) is 10.6. The first-order valence-electron chi connectivity index (χ1n) is 4.47. The van der Waals surface area contributed by atoms with Crippen LogP contribution in [0, 0.1) is 17.0 Å². The van der Waals surface area contributed by atoms with Crippen LogP contribution in [0.5, 0.6) is 0 Å². The van der Waals surface area contributed by atoms with Crippen LogP contribution in [0.4, 0.5) is 5.69 Å². The molecule has 0 saturated heterocycles. The second-order valence-corrected chi connectivity index (χ2v) is 2.97. The van der Waals surface area contributed by atoms with Gasteiger partial charge in [-0.25, -0.2) is 0 Å². The molecule has 0 fully saturated rings. The zero-order valence-corrected chi connectivity index (χ0v) is 8.32. The maximum atomic E-state index is 10.7. The Bertz CT molecular complexity index is 336. The van der Waals surface area contributed by atoms with Gasteiger partial charge in [0.1, 0.15) is 0 Å². The average Bonchev–Trinajstić information content (AvgIpc) is 2.15. The number of hydrogen-bond donors (Lipinski definition) is 0. The SMILES string of the molecule is CCOCc1c(C)cccc1[N+](=O)[O-]. The number of ether oxygens (including phenoxy) is 1. The van der Waals surface area contributed by atoms with Gasteiger partial charge in [-0.3, -0.25) is 10.1 Å². The number of nitro benzene ring substituents is 1. The molecule has 0 aliphatic rings. The van der Waals surface area contributed by atoms with Crippen molar-refractivity contribution in [3.8, 4) is 0 Å². The Hall–Kier alpha value is -1.42. The molecule has 0 heterocycles. The van der Waals surface area contributed by atoms with E-state index in [4.69, 9.17) is 4.74 Å². The minimum Gasteiger partial charge on any atom is -0.377 e. The molecule has 0 spiro atoms. The van der Waals surface area contributed by atoms with Gasteiger partial charge in [-0.2, -0.15) is 0 Å². The number of nitrogens with zero attached hydrogens (tertiary/aromatic N) is 1. The molecule has 1 aromatic rings. The minimum atomic E-state index is -0.374. The third kappa shape index (κ3) is 2.29. The van der Waals surface area contributed by atoms with Crippen molar-refractivity contribution in [2.24, 2.45) is 0 Å². The van der Waals surface area contributed by atoms with Crippen LogP contribution in [0.3, 0.4) is 0 Å². The molecule has 1 rings (SSSR count). The van der Waals surface area contributed by atoms with Gasteiger partial charge in [-0.1, -0.05) is 12.1 Å². The molecule has 0 atom stereocenters. The molecule has 4 heteroatoms. The highest BCUT2D eigenvalue weighted by Crippen LogP contribution is 2.22. The zero-order valence-electron chi connectivity index (χ0n) is 8.32. The summed E-state index contributed by atoms with van der Waals surface area (Å²) >= 11 is 0. The summed E-state index contributed by atoms with van der Waals surface area (Å²) < 4.78 is 5.19. The number of rotatable bonds is 4. The Balaban J connectivity index is 3.02. The van der Waals surface area contributed by atoms with Crippen molar-refractivity contribution in [1.82, 2.24) is 0 Å². The lowest BCUT2D eigenvalue weighted by Crippen LogP contribution is -2.00. The lowest BCUT2D eigenvalue weighted by Gasteiger charge is -2.05. The van der Waals surface area contributed by atoms with Crippen molar-refractivity contribution >= 4 is 5.69 Å². The van der Waals surface area contributed by atoms with Gasteiger partial charge in [0.2, 0.25) is 0 Å². The van der Waals surface area contributed by atoms with E-state index in [0.717, 1.165) is 5.56 Å². The highest BCUT2D eigenvalue weighted by Gasteiger charge is 2.14. The van der Waals surface area contributed by atoms with Crippen LogP contribution in [0.25, 0.3) is 0 Å². The summed E-state index contributed by atoms with van der Waals surface area (Å²) in [5, 5.41) is 10.7. The van der Waals surface area contributed by atoms with Gasteiger partial charge in [0.25, 0.3) is 5.69 Å². The van der Waals surface area contributed by atoms with E-state index >= 15 is 0 Å². The molecule has 14 heavy (non-hydrogen) atoms. The lowest BCUT2D eigenvalue weighted by atomic mass is 10.1. The second kappa shape index (κ2) is 4.72. The van der Waals surface area contributed by atoms with E-state index in [1.165, 1.54) is 6.07 Å². The summed E-state index contributed by atoms with van der Waals surface area (Å²) in [6, 6.07) is 5.03. The number of nitro groups is 1. The fourth-order valence-electron chi connectivity index (χ4n) is 1.25. The Morgan fingerprint density at radius 2 is 2.21 bits per heavy atom. The third-order valence-corrected chi connectivity index (χ3v) is 2.03. The van der Waals surface area contributed by atoms with E-state index in [1.807, 2.05) is 19.9 Å². The van der Waals surface area contributed by atoms with E-state index in [-0.39, 0.29) is 10.6 Å². The molecule has 0 unspecified atom stereocenters. The van der Waals surface area contributed by atoms with Crippen molar-refractivity contribution in [2.45, 2.75) is 20.5 Å². The molecule has 0 aliphatic heterocycles. The van der Waals surface area contributed by atoms with Gasteiger partial charge in [0.15, 0.2) is 0 Å². The van der Waals surface area contributed by atoms with Crippen molar-refractivity contribution in [3.05, 3.63) is 39.4 Å². The van der Waals surface area contributed by atoms with Crippen molar-refractivity contribution in [3.63, 3.8) is 0 Å². The quantitative estimate of drug-likeness (QED) is 0.547. The Labute approximate surface area is 82.7 Å². The van der Waals surface area contributed by atoms with Crippen LogP contribution >= 0.6 is 0 Å². The molecule has 0 aromatic heterocycles. The molecule has 0 radical (unpaired) electrons. The van der Waals surface area contributed by atoms with Crippen LogP contribution < -0.4 is 0 Å². The van der Waals surface area contributed by atoms with Crippen LogP contribution in [-0.4, -0.2) is 11.5 Å². The van der Waals surface area contributed by atoms with E-state index in [1.54, 1.807) is 6.07 Å². The van der Waals surface area contributed by atoms with Crippen LogP contribution in [-0.2, 0) is 11.3 Å². The molecule has 76 valence electrons. The van der Waals surface area contributed by atoms with Crippen LogP contribution in [0.1, 0.15) is 18.1 Å². The molecule has 1 aromatic carbocycles. The molecule has 0 bridgehead atoms. The third-order valence-electron chi connectivity index (χ3n) is 2.03. The predicted octanol–water partition coefficient (Wildman–Crippen LogP) is 2.44. The van der Waals surface area contributed by atoms with Crippen LogP contribution in [0.2, 0.25) is 0 Å². The van der Waals surface area contributed by atoms with E-state index in [0.29, 0.717) is 18.8 Å². The van der Waals surface area contributed by atoms with E-state index < -0.39 is 0 Å². The van der Waals surface area contributed by atoms with Gasteiger partial charge < -0.3 is 4.74 Å². The Morgan fingerprint density at radius 1 is 1.50 bits per heavy atom. The summed E-state index contributed by atoms with van der Waals surface area (Å²) in [6.45, 7) is 4.58. The second-order valence-electron chi connectivity index (χ2n) is 2.97. The van der Waals surface area contributed by atoms with Crippen molar-refractivity contribution in [2.75, 3.05) is 6.61 Å². The summed E-state index contributed by atoms with van der Waals surface area (Å²) in [6.07, 6.45) is 0.